The molecular formula is C16H25N3O8. The number of alkyl carbamates (subject to hydrolysis) is 1. The van der Waals surface area contributed by atoms with E-state index in [4.69, 9.17) is 14.7 Å². The van der Waals surface area contributed by atoms with Crippen molar-refractivity contribution in [2.75, 3.05) is 6.54 Å². The van der Waals surface area contributed by atoms with E-state index in [9.17, 15) is 24.0 Å². The van der Waals surface area contributed by atoms with Gasteiger partial charge < -0.3 is 25.3 Å². The fraction of sp³-hybridized carbons (Fsp3) is 0.688. The Hall–Kier alpha value is -2.85. The molecule has 1 heterocycles. The summed E-state index contributed by atoms with van der Waals surface area (Å²) in [6.45, 7) is 5.13. The highest BCUT2D eigenvalue weighted by Gasteiger charge is 2.35. The van der Waals surface area contributed by atoms with Crippen LogP contribution < -0.4 is 10.6 Å². The van der Waals surface area contributed by atoms with Crippen LogP contribution in [-0.2, 0) is 24.0 Å². The number of carbonyl (C=O) groups excluding carboxylic acids is 4. The molecule has 1 fully saturated rings. The molecule has 3 N–H and O–H groups in total. The zero-order valence-corrected chi connectivity index (χ0v) is 15.6. The summed E-state index contributed by atoms with van der Waals surface area (Å²) in [4.78, 5) is 62.6. The van der Waals surface area contributed by atoms with Crippen molar-refractivity contribution in [3.05, 3.63) is 0 Å². The summed E-state index contributed by atoms with van der Waals surface area (Å²) in [5.74, 6) is -2.24. The van der Waals surface area contributed by atoms with E-state index >= 15 is 0 Å². The molecule has 0 aliphatic carbocycles. The molecule has 1 aliphatic heterocycles. The number of hydrogen-bond donors (Lipinski definition) is 3. The number of amides is 4. The third-order valence-electron chi connectivity index (χ3n) is 3.36. The van der Waals surface area contributed by atoms with Gasteiger partial charge in [-0.05, 0) is 40.0 Å². The lowest BCUT2D eigenvalue weighted by atomic mass is 10.1. The van der Waals surface area contributed by atoms with Crippen molar-refractivity contribution >= 4 is 30.0 Å². The van der Waals surface area contributed by atoms with Crippen LogP contribution in [0.4, 0.5) is 9.59 Å². The molecule has 1 rings (SSSR count). The molecule has 27 heavy (non-hydrogen) atoms. The van der Waals surface area contributed by atoms with Gasteiger partial charge in [0.1, 0.15) is 11.6 Å². The van der Waals surface area contributed by atoms with Gasteiger partial charge in [0.05, 0.1) is 0 Å². The molecule has 0 radical (unpaired) electrons. The Morgan fingerprint density at radius 1 is 1.15 bits per heavy atom. The van der Waals surface area contributed by atoms with Crippen molar-refractivity contribution in [2.24, 2.45) is 0 Å². The van der Waals surface area contributed by atoms with Crippen molar-refractivity contribution in [3.8, 4) is 0 Å². The number of rotatable bonds is 8. The minimum Gasteiger partial charge on any atom is -0.465 e. The van der Waals surface area contributed by atoms with Crippen molar-refractivity contribution in [3.63, 3.8) is 0 Å². The normalized spacial score (nSPS) is 15.3. The maximum absolute atomic E-state index is 12.3. The first-order valence-corrected chi connectivity index (χ1v) is 8.53. The number of ether oxygens (including phenoxy) is 1. The van der Waals surface area contributed by atoms with Gasteiger partial charge in [-0.2, -0.15) is 0 Å². The summed E-state index contributed by atoms with van der Waals surface area (Å²) in [5.41, 5.74) is -0.787. The van der Waals surface area contributed by atoms with Crippen LogP contribution in [-0.4, -0.2) is 58.3 Å². The fourth-order valence-corrected chi connectivity index (χ4v) is 2.18. The van der Waals surface area contributed by atoms with E-state index < -0.39 is 41.6 Å². The number of nitrogens with one attached hydrogen (secondary N) is 2. The van der Waals surface area contributed by atoms with Crippen molar-refractivity contribution < 1.29 is 38.7 Å². The van der Waals surface area contributed by atoms with Crippen LogP contribution >= 0.6 is 0 Å². The molecule has 1 aliphatic rings. The third-order valence-corrected chi connectivity index (χ3v) is 3.36. The summed E-state index contributed by atoms with van der Waals surface area (Å²) < 4.78 is 5.09. The molecule has 0 spiro atoms. The molecular weight excluding hydrogens is 362 g/mol. The van der Waals surface area contributed by atoms with Crippen LogP contribution in [0.2, 0.25) is 0 Å². The zero-order chi connectivity index (χ0) is 20.6. The first-order valence-electron chi connectivity index (χ1n) is 8.53. The first-order chi connectivity index (χ1) is 12.5. The Morgan fingerprint density at radius 3 is 2.26 bits per heavy atom. The largest absolute Gasteiger partial charge is 0.465 e. The topological polar surface area (TPSA) is 151 Å². The Morgan fingerprint density at radius 2 is 1.74 bits per heavy atom. The number of imide groups is 1. The van der Waals surface area contributed by atoms with Gasteiger partial charge in [-0.25, -0.2) is 14.4 Å². The second kappa shape index (κ2) is 9.74. The van der Waals surface area contributed by atoms with E-state index in [-0.39, 0.29) is 25.8 Å². The number of nitrogens with zero attached hydrogens (tertiary/aromatic N) is 1. The fourth-order valence-electron chi connectivity index (χ4n) is 2.18. The minimum atomic E-state index is -1.16. The minimum absolute atomic E-state index is 0.0445. The Balaban J connectivity index is 2.66. The molecule has 4 amide bonds. The predicted octanol–water partition coefficient (Wildman–Crippen LogP) is 0.925. The molecule has 1 atom stereocenters. The number of hydroxylamine groups is 2. The van der Waals surface area contributed by atoms with Gasteiger partial charge in [-0.15, -0.1) is 5.06 Å². The summed E-state index contributed by atoms with van der Waals surface area (Å²) in [5, 5.41) is 13.5. The quantitative estimate of drug-likeness (QED) is 0.411. The monoisotopic (exact) mass is 387 g/mol. The molecule has 0 aromatic carbocycles. The van der Waals surface area contributed by atoms with Gasteiger partial charge in [0, 0.05) is 19.4 Å². The molecule has 1 saturated heterocycles. The van der Waals surface area contributed by atoms with Gasteiger partial charge in [0.25, 0.3) is 11.8 Å². The first kappa shape index (κ1) is 22.2. The second-order valence-electron chi connectivity index (χ2n) is 6.92. The van der Waals surface area contributed by atoms with E-state index in [0.29, 0.717) is 17.9 Å². The third kappa shape index (κ3) is 8.38. The van der Waals surface area contributed by atoms with Gasteiger partial charge in [0.15, 0.2) is 0 Å². The molecule has 11 heteroatoms. The smallest absolute Gasteiger partial charge is 0.408 e. The van der Waals surface area contributed by atoms with Gasteiger partial charge in [0.2, 0.25) is 0 Å². The van der Waals surface area contributed by atoms with Gasteiger partial charge in [-0.1, -0.05) is 0 Å². The van der Waals surface area contributed by atoms with E-state index in [2.05, 4.69) is 10.6 Å². The lowest BCUT2D eigenvalue weighted by Crippen LogP contribution is -2.46. The van der Waals surface area contributed by atoms with Crippen LogP contribution in [0.1, 0.15) is 52.9 Å². The standard InChI is InChI=1S/C16H25N3O8/c1-16(2,3)26-15(25)18-10(6-4-5-9-17-14(23)24)13(22)27-19-11(20)7-8-12(19)21/h10,17H,4-9H2,1-3H3,(H,18,25)(H,23,24)/t10-/m1/s1. The average molecular weight is 387 g/mol. The van der Waals surface area contributed by atoms with Crippen LogP contribution in [0.5, 0.6) is 0 Å². The van der Waals surface area contributed by atoms with Crippen molar-refractivity contribution in [1.29, 1.82) is 0 Å². The molecule has 11 nitrogen and oxygen atoms in total. The van der Waals surface area contributed by atoms with Gasteiger partial charge in [-0.3, -0.25) is 9.59 Å². The lowest BCUT2D eigenvalue weighted by molar-refractivity contribution is -0.199. The maximum atomic E-state index is 12.3. The SMILES string of the molecule is CC(C)(C)OC(=O)N[C@H](CCCCNC(=O)O)C(=O)ON1C(=O)CCC1=O. The molecule has 152 valence electrons. The Bertz CT molecular complexity index is 583. The highest BCUT2D eigenvalue weighted by Crippen LogP contribution is 2.14. The maximum Gasteiger partial charge on any atom is 0.408 e. The Kier molecular flexibility index (Phi) is 8.00. The highest BCUT2D eigenvalue weighted by atomic mass is 16.7. The lowest BCUT2D eigenvalue weighted by Gasteiger charge is -2.23. The molecule has 0 aromatic rings. The predicted molar refractivity (Wildman–Crippen MR) is 90.2 cm³/mol. The van der Waals surface area contributed by atoms with Crippen LogP contribution in [0.25, 0.3) is 0 Å². The number of hydrogen-bond acceptors (Lipinski definition) is 7. The van der Waals surface area contributed by atoms with E-state index in [1.807, 2.05) is 0 Å². The zero-order valence-electron chi connectivity index (χ0n) is 15.6. The summed E-state index contributed by atoms with van der Waals surface area (Å²) in [6, 6.07) is -1.16. The van der Waals surface area contributed by atoms with Crippen LogP contribution in [0.3, 0.4) is 0 Å². The summed E-state index contributed by atoms with van der Waals surface area (Å²) in [7, 11) is 0. The summed E-state index contributed by atoms with van der Waals surface area (Å²) in [6.07, 6.45) is -1.22. The number of carboxylic acid groups (broad SMARTS) is 1. The molecule has 0 unspecified atom stereocenters. The van der Waals surface area contributed by atoms with Crippen LogP contribution in [0.15, 0.2) is 0 Å². The highest BCUT2D eigenvalue weighted by molar-refractivity contribution is 6.01. The Labute approximate surface area is 156 Å². The average Bonchev–Trinajstić information content (AvgIpc) is 2.83. The molecule has 0 saturated carbocycles. The number of carbonyl (C=O) groups is 5. The van der Waals surface area contributed by atoms with Crippen LogP contribution in [0, 0.1) is 0 Å². The molecule has 0 aromatic heterocycles. The number of unbranched alkanes of at least 4 members (excludes halogenated alkanes) is 1. The molecule has 0 bridgehead atoms. The second-order valence-corrected chi connectivity index (χ2v) is 6.92. The van der Waals surface area contributed by atoms with E-state index in [1.165, 1.54) is 0 Å². The van der Waals surface area contributed by atoms with E-state index in [0.717, 1.165) is 0 Å². The van der Waals surface area contributed by atoms with Gasteiger partial charge >= 0.3 is 18.2 Å². The van der Waals surface area contributed by atoms with E-state index in [1.54, 1.807) is 20.8 Å². The van der Waals surface area contributed by atoms with Crippen molar-refractivity contribution in [2.45, 2.75) is 64.5 Å². The van der Waals surface area contributed by atoms with Crippen molar-refractivity contribution in [1.82, 2.24) is 15.7 Å². The summed E-state index contributed by atoms with van der Waals surface area (Å²) >= 11 is 0.